The highest BCUT2D eigenvalue weighted by Gasteiger charge is 2.38. The van der Waals surface area contributed by atoms with Gasteiger partial charge in [-0.25, -0.2) is 5.01 Å². The minimum Gasteiger partial charge on any atom is -0.468 e. The van der Waals surface area contributed by atoms with Gasteiger partial charge in [0, 0.05) is 17.8 Å². The van der Waals surface area contributed by atoms with Gasteiger partial charge in [0.15, 0.2) is 0 Å². The number of fused-ring (bicyclic) bond motifs is 1. The SMILES string of the molecule is COC(=O)C1Cc2ccccc2CN1CC(=O)N1N=C(c2cccs2)CC1c1cccs1. The van der Waals surface area contributed by atoms with Crippen molar-refractivity contribution in [3.63, 3.8) is 0 Å². The second-order valence-electron chi connectivity index (χ2n) is 7.91. The summed E-state index contributed by atoms with van der Waals surface area (Å²) < 4.78 is 5.06. The summed E-state index contributed by atoms with van der Waals surface area (Å²) in [5, 5.41) is 10.4. The van der Waals surface area contributed by atoms with Crippen LogP contribution in [0, 0.1) is 0 Å². The lowest BCUT2D eigenvalue weighted by molar-refractivity contribution is -0.149. The van der Waals surface area contributed by atoms with Crippen molar-refractivity contribution in [2.24, 2.45) is 5.10 Å². The molecule has 0 radical (unpaired) electrons. The molecule has 2 unspecified atom stereocenters. The smallest absolute Gasteiger partial charge is 0.323 e. The molecule has 6 nitrogen and oxygen atoms in total. The van der Waals surface area contributed by atoms with Crippen LogP contribution in [0.5, 0.6) is 0 Å². The Balaban J connectivity index is 1.42. The van der Waals surface area contributed by atoms with Crippen molar-refractivity contribution in [1.82, 2.24) is 9.91 Å². The fourth-order valence-corrected chi connectivity index (χ4v) is 5.93. The van der Waals surface area contributed by atoms with Gasteiger partial charge in [0.05, 0.1) is 30.3 Å². The summed E-state index contributed by atoms with van der Waals surface area (Å²) in [5.74, 6) is -0.422. The lowest BCUT2D eigenvalue weighted by Crippen LogP contribution is -2.50. The van der Waals surface area contributed by atoms with E-state index in [0.29, 0.717) is 19.4 Å². The van der Waals surface area contributed by atoms with E-state index < -0.39 is 6.04 Å². The van der Waals surface area contributed by atoms with Crippen LogP contribution in [0.25, 0.3) is 0 Å². The summed E-state index contributed by atoms with van der Waals surface area (Å²) in [6.45, 7) is 0.637. The molecule has 0 saturated heterocycles. The molecule has 1 amide bonds. The molecule has 0 N–H and O–H groups in total. The molecule has 2 aliphatic heterocycles. The number of thiophene rings is 2. The van der Waals surface area contributed by atoms with Crippen molar-refractivity contribution in [3.8, 4) is 0 Å². The molecule has 0 fully saturated rings. The number of esters is 1. The predicted molar refractivity (Wildman–Crippen MR) is 126 cm³/mol. The van der Waals surface area contributed by atoms with Gasteiger partial charge in [0.25, 0.3) is 5.91 Å². The first-order valence-corrected chi connectivity index (χ1v) is 12.3. The first kappa shape index (κ1) is 21.1. The number of ether oxygens (including phenoxy) is 1. The molecule has 0 bridgehead atoms. The monoisotopic (exact) mass is 465 g/mol. The summed E-state index contributed by atoms with van der Waals surface area (Å²) in [4.78, 5) is 30.2. The highest BCUT2D eigenvalue weighted by Crippen LogP contribution is 2.36. The molecule has 1 aromatic carbocycles. The fraction of sp³-hybridized carbons (Fsp3) is 0.292. The molecule has 3 aromatic rings. The number of nitrogens with zero attached hydrogens (tertiary/aromatic N) is 3. The third-order valence-corrected chi connectivity index (χ3v) is 7.89. The Labute approximate surface area is 194 Å². The standard InChI is InChI=1S/C24H23N3O3S2/c1-30-24(29)20-12-16-6-2-3-7-17(16)14-26(20)15-23(28)27-19(22-9-5-11-32-22)13-18(25-27)21-8-4-10-31-21/h2-11,19-20H,12-15H2,1H3. The van der Waals surface area contributed by atoms with Crippen molar-refractivity contribution in [1.29, 1.82) is 0 Å². The molecule has 2 aromatic heterocycles. The number of carbonyl (C=O) groups is 2. The number of rotatable bonds is 5. The maximum absolute atomic E-state index is 13.5. The third-order valence-electron chi connectivity index (χ3n) is 6.00. The number of hydrazone groups is 1. The molecule has 32 heavy (non-hydrogen) atoms. The van der Waals surface area contributed by atoms with Crippen molar-refractivity contribution < 1.29 is 14.3 Å². The normalized spacial score (nSPS) is 20.7. The maximum Gasteiger partial charge on any atom is 0.323 e. The summed E-state index contributed by atoms with van der Waals surface area (Å²) in [6.07, 6.45) is 1.23. The summed E-state index contributed by atoms with van der Waals surface area (Å²) in [7, 11) is 1.40. The Hall–Kier alpha value is -2.81. The number of hydrogen-bond donors (Lipinski definition) is 0. The first-order chi connectivity index (χ1) is 15.6. The largest absolute Gasteiger partial charge is 0.468 e. The quantitative estimate of drug-likeness (QED) is 0.533. The molecular formula is C24H23N3O3S2. The van der Waals surface area contributed by atoms with Crippen LogP contribution in [0.4, 0.5) is 0 Å². The number of amides is 1. The molecule has 4 heterocycles. The Morgan fingerprint density at radius 3 is 2.53 bits per heavy atom. The number of hydrogen-bond acceptors (Lipinski definition) is 7. The highest BCUT2D eigenvalue weighted by atomic mass is 32.1. The van der Waals surface area contributed by atoms with Crippen LogP contribution in [0.15, 0.2) is 64.4 Å². The number of benzene rings is 1. The maximum atomic E-state index is 13.5. The van der Waals surface area contributed by atoms with Gasteiger partial charge in [-0.3, -0.25) is 14.5 Å². The zero-order valence-electron chi connectivity index (χ0n) is 17.6. The van der Waals surface area contributed by atoms with Gasteiger partial charge in [0.2, 0.25) is 0 Å². The van der Waals surface area contributed by atoms with E-state index in [2.05, 4.69) is 12.1 Å². The first-order valence-electron chi connectivity index (χ1n) is 10.5. The van der Waals surface area contributed by atoms with E-state index in [0.717, 1.165) is 26.6 Å². The van der Waals surface area contributed by atoms with Gasteiger partial charge in [-0.2, -0.15) is 5.10 Å². The Bertz CT molecular complexity index is 1140. The number of methoxy groups -OCH3 is 1. The highest BCUT2D eigenvalue weighted by molar-refractivity contribution is 7.12. The van der Waals surface area contributed by atoms with Crippen LogP contribution >= 0.6 is 22.7 Å². The zero-order chi connectivity index (χ0) is 22.1. The van der Waals surface area contributed by atoms with Crippen LogP contribution in [-0.4, -0.2) is 47.2 Å². The predicted octanol–water partition coefficient (Wildman–Crippen LogP) is 4.09. The lowest BCUT2D eigenvalue weighted by Gasteiger charge is -2.35. The van der Waals surface area contributed by atoms with Crippen LogP contribution in [-0.2, 0) is 27.3 Å². The van der Waals surface area contributed by atoms with E-state index in [9.17, 15) is 9.59 Å². The van der Waals surface area contributed by atoms with Gasteiger partial charge in [0.1, 0.15) is 6.04 Å². The van der Waals surface area contributed by atoms with Crippen molar-refractivity contribution in [2.45, 2.75) is 31.5 Å². The van der Waals surface area contributed by atoms with E-state index in [1.165, 1.54) is 7.11 Å². The molecular weight excluding hydrogens is 442 g/mol. The van der Waals surface area contributed by atoms with E-state index in [1.807, 2.05) is 52.1 Å². The van der Waals surface area contributed by atoms with E-state index in [4.69, 9.17) is 9.84 Å². The van der Waals surface area contributed by atoms with Gasteiger partial charge in [-0.05, 0) is 40.4 Å². The molecule has 5 rings (SSSR count). The van der Waals surface area contributed by atoms with Gasteiger partial charge >= 0.3 is 5.97 Å². The second kappa shape index (κ2) is 8.97. The minimum atomic E-state index is -0.484. The van der Waals surface area contributed by atoms with Gasteiger partial charge < -0.3 is 4.74 Å². The average molecular weight is 466 g/mol. The minimum absolute atomic E-state index is 0.108. The van der Waals surface area contributed by atoms with E-state index >= 15 is 0 Å². The van der Waals surface area contributed by atoms with Crippen LogP contribution < -0.4 is 0 Å². The molecule has 2 atom stereocenters. The lowest BCUT2D eigenvalue weighted by atomic mass is 9.94. The molecule has 0 aliphatic carbocycles. The van der Waals surface area contributed by atoms with Crippen molar-refractivity contribution in [2.75, 3.05) is 13.7 Å². The Kier molecular flexibility index (Phi) is 5.91. The van der Waals surface area contributed by atoms with Crippen molar-refractivity contribution in [3.05, 3.63) is 80.2 Å². The van der Waals surface area contributed by atoms with E-state index in [1.54, 1.807) is 27.7 Å². The second-order valence-corrected chi connectivity index (χ2v) is 9.84. The Morgan fingerprint density at radius 1 is 1.03 bits per heavy atom. The van der Waals surface area contributed by atoms with Crippen LogP contribution in [0.2, 0.25) is 0 Å². The molecule has 2 aliphatic rings. The molecule has 0 saturated carbocycles. The third kappa shape index (κ3) is 4.01. The Morgan fingerprint density at radius 2 is 1.81 bits per heavy atom. The summed E-state index contributed by atoms with van der Waals surface area (Å²) >= 11 is 3.27. The van der Waals surface area contributed by atoms with Gasteiger partial charge in [-0.15, -0.1) is 22.7 Å². The molecule has 0 spiro atoms. The van der Waals surface area contributed by atoms with Crippen molar-refractivity contribution >= 4 is 40.3 Å². The van der Waals surface area contributed by atoms with Gasteiger partial charge in [-0.1, -0.05) is 36.4 Å². The average Bonchev–Trinajstić information content (AvgIpc) is 3.58. The van der Waals surface area contributed by atoms with Crippen LogP contribution in [0.3, 0.4) is 0 Å². The van der Waals surface area contributed by atoms with E-state index in [-0.39, 0.29) is 24.5 Å². The fourth-order valence-electron chi connectivity index (χ4n) is 4.39. The van der Waals surface area contributed by atoms with Crippen LogP contribution in [0.1, 0.15) is 33.3 Å². The summed E-state index contributed by atoms with van der Waals surface area (Å²) in [6, 6.07) is 15.5. The zero-order valence-corrected chi connectivity index (χ0v) is 19.3. The topological polar surface area (TPSA) is 62.2 Å². The number of carbonyl (C=O) groups excluding carboxylic acids is 2. The summed E-state index contributed by atoms with van der Waals surface area (Å²) in [5.41, 5.74) is 3.20. The molecule has 8 heteroatoms. The molecule has 164 valence electrons.